The van der Waals surface area contributed by atoms with Crippen molar-refractivity contribution in [2.24, 2.45) is 5.92 Å². The van der Waals surface area contributed by atoms with Crippen LogP contribution in [0.3, 0.4) is 0 Å². The molecule has 2 amide bonds. The number of hydrogen-bond acceptors (Lipinski definition) is 5. The number of piperidine rings is 1. The Balaban J connectivity index is 1.51. The lowest BCUT2D eigenvalue weighted by Crippen LogP contribution is -2.39. The number of methoxy groups -OCH3 is 1. The molecule has 37 heavy (non-hydrogen) atoms. The van der Waals surface area contributed by atoms with Crippen molar-refractivity contribution in [2.75, 3.05) is 58.9 Å². The van der Waals surface area contributed by atoms with Crippen molar-refractivity contribution in [3.8, 4) is 0 Å². The quantitative estimate of drug-likeness (QED) is 0.487. The Bertz CT molecular complexity index is 1160. The Labute approximate surface area is 222 Å². The number of Topliss-reactive ketones (excluding diaryl/α,β-unsaturated/α-hetero) is 1. The van der Waals surface area contributed by atoms with Crippen LogP contribution in [0, 0.1) is 11.7 Å². The van der Waals surface area contributed by atoms with E-state index in [-0.39, 0.29) is 11.7 Å². The summed E-state index contributed by atoms with van der Waals surface area (Å²) >= 11 is 6.61. The summed E-state index contributed by atoms with van der Waals surface area (Å²) in [5.74, 6) is -1.75. The van der Waals surface area contributed by atoms with Gasteiger partial charge in [-0.25, -0.2) is 4.39 Å². The fraction of sp³-hybridized carbons (Fsp3) is 0.464. The second kappa shape index (κ2) is 11.6. The summed E-state index contributed by atoms with van der Waals surface area (Å²) in [6.07, 6.45) is 2.53. The van der Waals surface area contributed by atoms with Gasteiger partial charge < -0.3 is 19.4 Å². The van der Waals surface area contributed by atoms with Gasteiger partial charge in [0.1, 0.15) is 5.82 Å². The Morgan fingerprint density at radius 1 is 1.11 bits per heavy atom. The van der Waals surface area contributed by atoms with Crippen molar-refractivity contribution in [3.63, 3.8) is 0 Å². The van der Waals surface area contributed by atoms with Crippen LogP contribution >= 0.6 is 11.6 Å². The second-order valence-electron chi connectivity index (χ2n) is 10.0. The van der Waals surface area contributed by atoms with Crippen LogP contribution in [0.25, 0.3) is 0 Å². The number of nitrogens with zero attached hydrogens (tertiary/aromatic N) is 3. The molecular weight excluding hydrogens is 497 g/mol. The van der Waals surface area contributed by atoms with Crippen molar-refractivity contribution in [2.45, 2.75) is 25.2 Å². The zero-order chi connectivity index (χ0) is 26.7. The van der Waals surface area contributed by atoms with Crippen LogP contribution in [-0.2, 0) is 20.7 Å². The van der Waals surface area contributed by atoms with Crippen molar-refractivity contribution >= 4 is 34.9 Å². The highest BCUT2D eigenvalue weighted by Gasteiger charge is 2.38. The van der Waals surface area contributed by atoms with Crippen LogP contribution < -0.4 is 4.90 Å². The average molecular weight is 530 g/mol. The predicted molar refractivity (Wildman–Crippen MR) is 141 cm³/mol. The number of carbonyl (C=O) groups excluding carboxylic acids is 3. The van der Waals surface area contributed by atoms with E-state index >= 15 is 0 Å². The molecule has 0 aromatic heterocycles. The summed E-state index contributed by atoms with van der Waals surface area (Å²) in [5, 5.41) is 0.326. The van der Waals surface area contributed by atoms with Crippen molar-refractivity contribution in [1.82, 2.24) is 9.80 Å². The van der Waals surface area contributed by atoms with E-state index < -0.39 is 17.6 Å². The van der Waals surface area contributed by atoms with Gasteiger partial charge in [0.05, 0.1) is 23.1 Å². The molecule has 0 aliphatic carbocycles. The van der Waals surface area contributed by atoms with Gasteiger partial charge in [0.2, 0.25) is 5.78 Å². The Morgan fingerprint density at radius 2 is 1.78 bits per heavy atom. The summed E-state index contributed by atoms with van der Waals surface area (Å²) in [6, 6.07) is 10.0. The van der Waals surface area contributed by atoms with Gasteiger partial charge in [-0.2, -0.15) is 0 Å². The van der Waals surface area contributed by atoms with Crippen LogP contribution in [0.4, 0.5) is 10.1 Å². The molecule has 2 aromatic carbocycles. The first-order valence-corrected chi connectivity index (χ1v) is 12.9. The molecule has 4 rings (SSSR count). The fourth-order valence-corrected chi connectivity index (χ4v) is 5.42. The molecule has 1 fully saturated rings. The average Bonchev–Trinajstić information content (AvgIpc) is 3.24. The van der Waals surface area contributed by atoms with Gasteiger partial charge in [0.15, 0.2) is 0 Å². The molecule has 0 N–H and O–H groups in total. The second-order valence-corrected chi connectivity index (χ2v) is 10.4. The lowest BCUT2D eigenvalue weighted by atomic mass is 9.89. The Kier molecular flexibility index (Phi) is 8.49. The van der Waals surface area contributed by atoms with Gasteiger partial charge >= 0.3 is 0 Å². The maximum absolute atomic E-state index is 13.5. The highest BCUT2D eigenvalue weighted by atomic mass is 35.5. The standard InChI is InChI=1S/C28H33ClFN3O4/c1-31(2)28(36)26(34)23-17-33(12-13-37-3)25-16-24(29)22(15-21(23)25)27(35)32-10-8-19(9-11-32)14-18-4-6-20(30)7-5-18/h4-7,15-16,19,23H,8-14,17H2,1-3H3. The minimum absolute atomic E-state index is 0.173. The van der Waals surface area contributed by atoms with Gasteiger partial charge in [0, 0.05) is 53.1 Å². The molecule has 0 saturated carbocycles. The van der Waals surface area contributed by atoms with E-state index in [1.807, 2.05) is 17.0 Å². The normalized spacial score (nSPS) is 17.6. The highest BCUT2D eigenvalue weighted by Crippen LogP contribution is 2.41. The Morgan fingerprint density at radius 3 is 2.41 bits per heavy atom. The summed E-state index contributed by atoms with van der Waals surface area (Å²) in [6.45, 7) is 2.51. The molecule has 1 atom stereocenters. The molecule has 2 heterocycles. The van der Waals surface area contributed by atoms with Gasteiger partial charge in [-0.1, -0.05) is 23.7 Å². The molecule has 9 heteroatoms. The number of fused-ring (bicyclic) bond motifs is 1. The zero-order valence-corrected chi connectivity index (χ0v) is 22.3. The third-order valence-corrected chi connectivity index (χ3v) is 7.62. The lowest BCUT2D eigenvalue weighted by Gasteiger charge is -2.32. The van der Waals surface area contributed by atoms with E-state index in [1.54, 1.807) is 38.2 Å². The minimum atomic E-state index is -0.674. The molecule has 1 unspecified atom stereocenters. The number of benzene rings is 2. The van der Waals surface area contributed by atoms with E-state index in [2.05, 4.69) is 0 Å². The number of amides is 2. The van der Waals surface area contributed by atoms with Crippen LogP contribution in [0.15, 0.2) is 36.4 Å². The predicted octanol–water partition coefficient (Wildman–Crippen LogP) is 3.78. The van der Waals surface area contributed by atoms with Crippen LogP contribution in [-0.4, -0.2) is 81.4 Å². The molecule has 0 spiro atoms. The molecule has 198 valence electrons. The van der Waals surface area contributed by atoms with Crippen molar-refractivity contribution < 1.29 is 23.5 Å². The maximum Gasteiger partial charge on any atom is 0.290 e. The topological polar surface area (TPSA) is 70.2 Å². The van der Waals surface area contributed by atoms with Gasteiger partial charge in [-0.3, -0.25) is 14.4 Å². The summed E-state index contributed by atoms with van der Waals surface area (Å²) in [4.78, 5) is 44.1. The monoisotopic (exact) mass is 529 g/mol. The molecule has 7 nitrogen and oxygen atoms in total. The van der Waals surface area contributed by atoms with E-state index in [1.165, 1.54) is 17.0 Å². The lowest BCUT2D eigenvalue weighted by molar-refractivity contribution is -0.143. The molecule has 0 radical (unpaired) electrons. The van der Waals surface area contributed by atoms with E-state index in [9.17, 15) is 18.8 Å². The van der Waals surface area contributed by atoms with E-state index in [4.69, 9.17) is 16.3 Å². The SMILES string of the molecule is COCCN1CC(C(=O)C(=O)N(C)C)c2cc(C(=O)N3CCC(Cc4ccc(F)cc4)CC3)c(Cl)cc21. The van der Waals surface area contributed by atoms with Crippen LogP contribution in [0.1, 0.15) is 40.2 Å². The van der Waals surface area contributed by atoms with Gasteiger partial charge in [0.25, 0.3) is 11.8 Å². The summed E-state index contributed by atoms with van der Waals surface area (Å²) < 4.78 is 18.4. The number of rotatable bonds is 8. The number of ketones is 1. The number of likely N-dealkylation sites (tertiary alicyclic amines) is 1. The maximum atomic E-state index is 13.5. The first-order chi connectivity index (χ1) is 17.7. The van der Waals surface area contributed by atoms with E-state index in [0.29, 0.717) is 54.9 Å². The molecular formula is C28H33ClFN3O4. The fourth-order valence-electron chi connectivity index (χ4n) is 5.18. The number of carbonyl (C=O) groups is 3. The zero-order valence-electron chi connectivity index (χ0n) is 21.5. The molecule has 2 aromatic rings. The van der Waals surface area contributed by atoms with Crippen LogP contribution in [0.2, 0.25) is 5.02 Å². The summed E-state index contributed by atoms with van der Waals surface area (Å²) in [7, 11) is 4.71. The summed E-state index contributed by atoms with van der Waals surface area (Å²) in [5.41, 5.74) is 2.84. The molecule has 2 aliphatic rings. The third-order valence-electron chi connectivity index (χ3n) is 7.30. The van der Waals surface area contributed by atoms with Crippen molar-refractivity contribution in [1.29, 1.82) is 0 Å². The minimum Gasteiger partial charge on any atom is -0.383 e. The number of anilines is 1. The molecule has 1 saturated heterocycles. The first kappa shape index (κ1) is 27.1. The molecule has 2 aliphatic heterocycles. The largest absolute Gasteiger partial charge is 0.383 e. The highest BCUT2D eigenvalue weighted by molar-refractivity contribution is 6.39. The number of hydrogen-bond donors (Lipinski definition) is 0. The van der Waals surface area contributed by atoms with Gasteiger partial charge in [-0.05, 0) is 60.6 Å². The first-order valence-electron chi connectivity index (χ1n) is 12.6. The van der Waals surface area contributed by atoms with E-state index in [0.717, 1.165) is 30.5 Å². The number of halogens is 2. The van der Waals surface area contributed by atoms with Gasteiger partial charge in [-0.15, -0.1) is 0 Å². The smallest absolute Gasteiger partial charge is 0.290 e. The Hall–Kier alpha value is -2.97. The van der Waals surface area contributed by atoms with Crippen LogP contribution in [0.5, 0.6) is 0 Å². The molecule has 0 bridgehead atoms. The number of ether oxygens (including phenoxy) is 1. The number of likely N-dealkylation sites (N-methyl/N-ethyl adjacent to an activating group) is 1. The third kappa shape index (κ3) is 5.96. The van der Waals surface area contributed by atoms with Crippen molar-refractivity contribution in [3.05, 3.63) is 63.9 Å².